The molecule has 23 heavy (non-hydrogen) atoms. The minimum atomic E-state index is -2.69. The quantitative estimate of drug-likeness (QED) is 0.867. The van der Waals surface area contributed by atoms with E-state index in [1.165, 1.54) is 4.90 Å². The number of nitrogens with zero attached hydrogens (tertiary/aromatic N) is 1. The van der Waals surface area contributed by atoms with Crippen molar-refractivity contribution >= 4 is 12.0 Å². The van der Waals surface area contributed by atoms with Crippen molar-refractivity contribution in [1.82, 2.24) is 10.2 Å². The number of halogens is 2. The second-order valence-corrected chi connectivity index (χ2v) is 5.33. The lowest BCUT2D eigenvalue weighted by atomic mass is 10.1. The van der Waals surface area contributed by atoms with Gasteiger partial charge < -0.3 is 20.1 Å². The Morgan fingerprint density at radius 1 is 1.30 bits per heavy atom. The van der Waals surface area contributed by atoms with Crippen LogP contribution in [0.2, 0.25) is 0 Å². The number of carboxylic acids is 1. The number of hydrogen-bond acceptors (Lipinski definition) is 3. The number of amides is 2. The predicted octanol–water partition coefficient (Wildman–Crippen LogP) is 2.09. The standard InChI is InChI=1S/C15H18F2N2O4/c16-15(17)4-6-19(7-5-15)14(22)18-9-11-2-1-3-12(8-11)23-10-13(20)21/h1-3,8H,4-7,9-10H2,(H,18,22)(H,20,21). The van der Waals surface area contributed by atoms with Crippen molar-refractivity contribution in [3.63, 3.8) is 0 Å². The molecule has 0 atom stereocenters. The van der Waals surface area contributed by atoms with Gasteiger partial charge in [0.1, 0.15) is 5.75 Å². The summed E-state index contributed by atoms with van der Waals surface area (Å²) in [5.74, 6) is -3.38. The SMILES string of the molecule is O=C(O)COc1cccc(CNC(=O)N2CCC(F)(F)CC2)c1. The number of rotatable bonds is 5. The monoisotopic (exact) mass is 328 g/mol. The van der Waals surface area contributed by atoms with Crippen LogP contribution in [0, 0.1) is 0 Å². The minimum absolute atomic E-state index is 0.0284. The van der Waals surface area contributed by atoms with E-state index in [4.69, 9.17) is 9.84 Å². The molecule has 1 fully saturated rings. The molecule has 8 heteroatoms. The Morgan fingerprint density at radius 3 is 2.65 bits per heavy atom. The largest absolute Gasteiger partial charge is 0.482 e. The van der Waals surface area contributed by atoms with Gasteiger partial charge in [0, 0.05) is 32.5 Å². The van der Waals surface area contributed by atoms with Gasteiger partial charge in [-0.15, -0.1) is 0 Å². The van der Waals surface area contributed by atoms with Crippen molar-refractivity contribution in [3.8, 4) is 5.75 Å². The van der Waals surface area contributed by atoms with Gasteiger partial charge in [-0.1, -0.05) is 12.1 Å². The summed E-state index contributed by atoms with van der Waals surface area (Å²) >= 11 is 0. The number of ether oxygens (including phenoxy) is 1. The smallest absolute Gasteiger partial charge is 0.341 e. The number of alkyl halides is 2. The molecule has 1 aliphatic heterocycles. The van der Waals surface area contributed by atoms with Gasteiger partial charge in [0.15, 0.2) is 6.61 Å². The molecule has 0 aromatic heterocycles. The highest BCUT2D eigenvalue weighted by Gasteiger charge is 2.35. The Morgan fingerprint density at radius 2 is 2.00 bits per heavy atom. The van der Waals surface area contributed by atoms with Crippen molar-refractivity contribution in [2.45, 2.75) is 25.3 Å². The van der Waals surface area contributed by atoms with Gasteiger partial charge in [-0.05, 0) is 17.7 Å². The summed E-state index contributed by atoms with van der Waals surface area (Å²) in [5.41, 5.74) is 0.726. The summed E-state index contributed by atoms with van der Waals surface area (Å²) in [4.78, 5) is 23.8. The number of urea groups is 1. The molecule has 1 saturated heterocycles. The first-order chi connectivity index (χ1) is 10.9. The zero-order valence-corrected chi connectivity index (χ0v) is 12.4. The summed E-state index contributed by atoms with van der Waals surface area (Å²) in [5, 5.41) is 11.2. The fourth-order valence-electron chi connectivity index (χ4n) is 2.22. The number of hydrogen-bond donors (Lipinski definition) is 2. The molecule has 126 valence electrons. The van der Waals surface area contributed by atoms with Crippen LogP contribution in [0.4, 0.5) is 13.6 Å². The summed E-state index contributed by atoms with van der Waals surface area (Å²) in [6.45, 7) is -0.186. The Kier molecular flexibility index (Phi) is 5.36. The van der Waals surface area contributed by atoms with E-state index in [0.717, 1.165) is 5.56 Å². The Bertz CT molecular complexity index is 570. The second kappa shape index (κ2) is 7.26. The molecule has 1 aromatic rings. The Labute approximate surface area is 132 Å². The number of likely N-dealkylation sites (tertiary alicyclic amines) is 1. The predicted molar refractivity (Wildman–Crippen MR) is 77.6 cm³/mol. The van der Waals surface area contributed by atoms with Crippen LogP contribution in [0.1, 0.15) is 18.4 Å². The minimum Gasteiger partial charge on any atom is -0.482 e. The molecule has 0 spiro atoms. The number of carboxylic acid groups (broad SMARTS) is 1. The maximum Gasteiger partial charge on any atom is 0.341 e. The first-order valence-corrected chi connectivity index (χ1v) is 7.20. The molecule has 1 heterocycles. The third-order valence-corrected chi connectivity index (χ3v) is 3.49. The van der Waals surface area contributed by atoms with Gasteiger partial charge in [-0.2, -0.15) is 0 Å². The molecule has 2 rings (SSSR count). The molecule has 1 aromatic carbocycles. The lowest BCUT2D eigenvalue weighted by Gasteiger charge is -2.31. The van der Waals surface area contributed by atoms with Gasteiger partial charge in [-0.3, -0.25) is 0 Å². The summed E-state index contributed by atoms with van der Waals surface area (Å²) in [6.07, 6.45) is -0.641. The second-order valence-electron chi connectivity index (χ2n) is 5.33. The molecule has 0 saturated carbocycles. The van der Waals surface area contributed by atoms with E-state index < -0.39 is 24.5 Å². The van der Waals surface area contributed by atoms with Gasteiger partial charge >= 0.3 is 12.0 Å². The van der Waals surface area contributed by atoms with Crippen molar-refractivity contribution < 1.29 is 28.2 Å². The van der Waals surface area contributed by atoms with E-state index in [-0.39, 0.29) is 32.5 Å². The van der Waals surface area contributed by atoms with E-state index in [1.807, 2.05) is 0 Å². The third kappa shape index (κ3) is 5.39. The summed E-state index contributed by atoms with van der Waals surface area (Å²) < 4.78 is 31.2. The van der Waals surface area contributed by atoms with Crippen molar-refractivity contribution in [3.05, 3.63) is 29.8 Å². The first-order valence-electron chi connectivity index (χ1n) is 7.20. The molecule has 1 aliphatic rings. The first kappa shape index (κ1) is 17.0. The Balaban J connectivity index is 1.82. The van der Waals surface area contributed by atoms with Crippen LogP contribution in [-0.4, -0.2) is 47.6 Å². The highest BCUT2D eigenvalue weighted by atomic mass is 19.3. The average molecular weight is 328 g/mol. The summed E-state index contributed by atoms with van der Waals surface area (Å²) in [7, 11) is 0. The number of benzene rings is 1. The number of nitrogens with one attached hydrogen (secondary N) is 1. The highest BCUT2D eigenvalue weighted by Crippen LogP contribution is 2.27. The summed E-state index contributed by atoms with van der Waals surface area (Å²) in [6, 6.07) is 6.27. The molecule has 0 unspecified atom stereocenters. The van der Waals surface area contributed by atoms with E-state index in [9.17, 15) is 18.4 Å². The maximum absolute atomic E-state index is 13.1. The van der Waals surface area contributed by atoms with Crippen LogP contribution in [0.25, 0.3) is 0 Å². The number of aliphatic carboxylic acids is 1. The van der Waals surface area contributed by atoms with Gasteiger partial charge in [0.25, 0.3) is 5.92 Å². The zero-order valence-electron chi connectivity index (χ0n) is 12.4. The lowest BCUT2D eigenvalue weighted by molar-refractivity contribution is -0.139. The third-order valence-electron chi connectivity index (χ3n) is 3.49. The van der Waals surface area contributed by atoms with Gasteiger partial charge in [0.05, 0.1) is 0 Å². The van der Waals surface area contributed by atoms with Crippen molar-refractivity contribution in [2.75, 3.05) is 19.7 Å². The van der Waals surface area contributed by atoms with Gasteiger partial charge in [-0.25, -0.2) is 18.4 Å². The van der Waals surface area contributed by atoms with Crippen LogP contribution in [0.15, 0.2) is 24.3 Å². The highest BCUT2D eigenvalue weighted by molar-refractivity contribution is 5.74. The van der Waals surface area contributed by atoms with E-state index in [0.29, 0.717) is 5.75 Å². The average Bonchev–Trinajstić information content (AvgIpc) is 2.51. The van der Waals surface area contributed by atoms with Crippen LogP contribution in [0.3, 0.4) is 0 Å². The number of carbonyl (C=O) groups excluding carboxylic acids is 1. The van der Waals surface area contributed by atoms with Gasteiger partial charge in [0.2, 0.25) is 0 Å². The molecule has 0 bridgehead atoms. The van der Waals surface area contributed by atoms with Crippen LogP contribution in [-0.2, 0) is 11.3 Å². The normalized spacial score (nSPS) is 16.7. The van der Waals surface area contributed by atoms with Crippen molar-refractivity contribution in [1.29, 1.82) is 0 Å². The molecular weight excluding hydrogens is 310 g/mol. The van der Waals surface area contributed by atoms with Crippen molar-refractivity contribution in [2.24, 2.45) is 0 Å². The number of piperidine rings is 1. The van der Waals surface area contributed by atoms with E-state index in [2.05, 4.69) is 5.32 Å². The topological polar surface area (TPSA) is 78.9 Å². The van der Waals surface area contributed by atoms with Crippen LogP contribution in [0.5, 0.6) is 5.75 Å². The fraction of sp³-hybridized carbons (Fsp3) is 0.467. The maximum atomic E-state index is 13.1. The fourth-order valence-corrected chi connectivity index (χ4v) is 2.22. The molecule has 6 nitrogen and oxygen atoms in total. The van der Waals surface area contributed by atoms with E-state index in [1.54, 1.807) is 24.3 Å². The molecule has 2 N–H and O–H groups in total. The van der Waals surface area contributed by atoms with Crippen LogP contribution < -0.4 is 10.1 Å². The lowest BCUT2D eigenvalue weighted by Crippen LogP contribution is -2.47. The molecular formula is C15H18F2N2O4. The Hall–Kier alpha value is -2.38. The number of carbonyl (C=O) groups is 2. The van der Waals surface area contributed by atoms with E-state index >= 15 is 0 Å². The molecule has 0 aliphatic carbocycles. The van der Waals surface area contributed by atoms with Crippen LogP contribution >= 0.6 is 0 Å². The molecule has 2 amide bonds. The zero-order chi connectivity index (χ0) is 16.9. The molecule has 0 radical (unpaired) electrons.